The van der Waals surface area contributed by atoms with Gasteiger partial charge in [-0.2, -0.15) is 0 Å². The van der Waals surface area contributed by atoms with Gasteiger partial charge in [-0.1, -0.05) is 0 Å². The molecule has 0 aliphatic heterocycles. The molecule has 0 radical (unpaired) electrons. The van der Waals surface area contributed by atoms with E-state index in [0.29, 0.717) is 0 Å². The van der Waals surface area contributed by atoms with Gasteiger partial charge in [-0.05, 0) is 11.5 Å². The van der Waals surface area contributed by atoms with Crippen LogP contribution in [0.15, 0.2) is 17.1 Å². The van der Waals surface area contributed by atoms with Gasteiger partial charge in [-0.25, -0.2) is 4.79 Å². The lowest BCUT2D eigenvalue weighted by Crippen LogP contribution is -2.37. The third kappa shape index (κ3) is 2.25. The molecule has 0 unspecified atom stereocenters. The highest BCUT2D eigenvalue weighted by Crippen LogP contribution is 1.92. The molecule has 0 aromatic carbocycles. The van der Waals surface area contributed by atoms with Crippen LogP contribution >= 0.6 is 0 Å². The van der Waals surface area contributed by atoms with E-state index < -0.39 is 18.6 Å². The zero-order chi connectivity index (χ0) is 11.6. The molecule has 15 heavy (non-hydrogen) atoms. The van der Waals surface area contributed by atoms with Crippen molar-refractivity contribution in [1.29, 1.82) is 0 Å². The van der Waals surface area contributed by atoms with Crippen molar-refractivity contribution in [2.24, 2.45) is 7.05 Å². The minimum atomic E-state index is -1.74. The molecule has 2 N–H and O–H groups in total. The van der Waals surface area contributed by atoms with Crippen LogP contribution in [0.1, 0.15) is 10.4 Å². The molecule has 1 rings (SSSR count). The van der Waals surface area contributed by atoms with E-state index in [-0.39, 0.29) is 11.0 Å². The third-order valence-electron chi connectivity index (χ3n) is 1.91. The van der Waals surface area contributed by atoms with Crippen LogP contribution in [0.25, 0.3) is 0 Å². The Morgan fingerprint density at radius 2 is 2.13 bits per heavy atom. The van der Waals surface area contributed by atoms with Crippen LogP contribution in [0.2, 0.25) is 0 Å². The summed E-state index contributed by atoms with van der Waals surface area (Å²) in [5.74, 6) is -0.807. The molecule has 1 aromatic heterocycles. The Morgan fingerprint density at radius 3 is 2.60 bits per heavy atom. The smallest absolute Gasteiger partial charge is 0.465 e. The van der Waals surface area contributed by atoms with Gasteiger partial charge in [0.15, 0.2) is 0 Å². The molecule has 6 nitrogen and oxygen atoms in total. The molecule has 7 heteroatoms. The maximum absolute atomic E-state index is 11.4. The van der Waals surface area contributed by atoms with Crippen molar-refractivity contribution in [3.05, 3.63) is 28.2 Å². The van der Waals surface area contributed by atoms with Crippen LogP contribution in [0, 0.1) is 0 Å². The normalized spacial score (nSPS) is 9.87. The van der Waals surface area contributed by atoms with Crippen molar-refractivity contribution in [2.45, 2.75) is 0 Å². The van der Waals surface area contributed by atoms with Gasteiger partial charge in [0, 0.05) is 13.2 Å². The van der Waals surface area contributed by atoms with Crippen molar-refractivity contribution in [1.82, 2.24) is 4.57 Å². The first kappa shape index (κ1) is 11.5. The summed E-state index contributed by atoms with van der Waals surface area (Å²) < 4.78 is 5.48. The summed E-state index contributed by atoms with van der Waals surface area (Å²) in [6, 6.07) is 1.10. The van der Waals surface area contributed by atoms with E-state index in [0.717, 1.165) is 17.7 Å². The second-order valence-corrected chi connectivity index (χ2v) is 2.97. The quantitative estimate of drug-likeness (QED) is 0.430. The molecule has 0 amide bonds. The van der Waals surface area contributed by atoms with Gasteiger partial charge in [-0.3, -0.25) is 4.79 Å². The van der Waals surface area contributed by atoms with Gasteiger partial charge in [0.1, 0.15) is 5.56 Å². The zero-order valence-corrected chi connectivity index (χ0v) is 8.30. The average Bonchev–Trinajstić information content (AvgIpc) is 2.20. The van der Waals surface area contributed by atoms with Crippen molar-refractivity contribution in [3.8, 4) is 0 Å². The number of esters is 1. The Kier molecular flexibility index (Phi) is 3.28. The maximum atomic E-state index is 11.4. The van der Waals surface area contributed by atoms with Crippen LogP contribution in [0.5, 0.6) is 0 Å². The highest BCUT2D eigenvalue weighted by atomic mass is 16.5. The van der Waals surface area contributed by atoms with Gasteiger partial charge in [0.05, 0.1) is 7.11 Å². The summed E-state index contributed by atoms with van der Waals surface area (Å²) in [5.41, 5.74) is -0.727. The Balaban J connectivity index is 3.38. The largest absolute Gasteiger partial charge is 0.489 e. The van der Waals surface area contributed by atoms with Crippen molar-refractivity contribution >= 4 is 18.6 Å². The van der Waals surface area contributed by atoms with Crippen molar-refractivity contribution in [2.75, 3.05) is 7.11 Å². The monoisotopic (exact) mass is 211 g/mol. The number of aromatic nitrogens is 1. The number of nitrogens with zero attached hydrogens (tertiary/aromatic N) is 1. The first-order valence-corrected chi connectivity index (χ1v) is 4.12. The Bertz CT molecular complexity index is 439. The lowest BCUT2D eigenvalue weighted by Gasteiger charge is -2.06. The minimum Gasteiger partial charge on any atom is -0.465 e. The molecule has 0 bridgehead atoms. The summed E-state index contributed by atoms with van der Waals surface area (Å²) >= 11 is 0. The lowest BCUT2D eigenvalue weighted by atomic mass is 9.81. The number of pyridine rings is 1. The molecule has 1 aromatic rings. The molecule has 0 saturated heterocycles. The van der Waals surface area contributed by atoms with E-state index in [1.54, 1.807) is 0 Å². The van der Waals surface area contributed by atoms with E-state index in [2.05, 4.69) is 4.74 Å². The zero-order valence-electron chi connectivity index (χ0n) is 8.30. The minimum absolute atomic E-state index is 0.0532. The molecular formula is C8H10BNO5. The number of hydrogen-bond donors (Lipinski definition) is 2. The summed E-state index contributed by atoms with van der Waals surface area (Å²) in [4.78, 5) is 22.6. The number of methoxy groups -OCH3 is 1. The maximum Gasteiger partial charge on any atom is 0.489 e. The van der Waals surface area contributed by atoms with Crippen LogP contribution in [-0.2, 0) is 11.8 Å². The first-order valence-electron chi connectivity index (χ1n) is 4.12. The first-order chi connectivity index (χ1) is 6.97. The molecule has 0 atom stereocenters. The van der Waals surface area contributed by atoms with Gasteiger partial charge in [-0.15, -0.1) is 0 Å². The lowest BCUT2D eigenvalue weighted by molar-refractivity contribution is 0.0598. The van der Waals surface area contributed by atoms with Crippen LogP contribution in [-0.4, -0.2) is 34.8 Å². The Labute approximate surface area is 85.9 Å². The fourth-order valence-electron chi connectivity index (χ4n) is 1.14. The Hall–Kier alpha value is -1.60. The van der Waals surface area contributed by atoms with E-state index in [4.69, 9.17) is 10.0 Å². The van der Waals surface area contributed by atoms with E-state index in [1.807, 2.05) is 0 Å². The number of carbonyl (C=O) groups is 1. The SMILES string of the molecule is COC(=O)c1cc(B(O)O)cn(C)c1=O. The predicted molar refractivity (Wildman–Crippen MR) is 52.8 cm³/mol. The predicted octanol–water partition coefficient (Wildman–Crippen LogP) is -2.15. The molecule has 1 heterocycles. The van der Waals surface area contributed by atoms with Crippen molar-refractivity contribution < 1.29 is 19.6 Å². The van der Waals surface area contributed by atoms with Crippen LogP contribution < -0.4 is 11.0 Å². The number of rotatable bonds is 2. The highest BCUT2D eigenvalue weighted by molar-refractivity contribution is 6.58. The standard InChI is InChI=1S/C8H10BNO5/c1-10-4-5(9(13)14)3-6(7(10)11)8(12)15-2/h3-4,13-14H,1-2H3. The molecule has 80 valence electrons. The van der Waals surface area contributed by atoms with Gasteiger partial charge in [0.2, 0.25) is 0 Å². The molecule has 0 aliphatic rings. The number of aryl methyl sites for hydroxylation is 1. The van der Waals surface area contributed by atoms with Gasteiger partial charge in [0.25, 0.3) is 5.56 Å². The fraction of sp³-hybridized carbons (Fsp3) is 0.250. The van der Waals surface area contributed by atoms with Gasteiger partial charge < -0.3 is 19.4 Å². The summed E-state index contributed by atoms with van der Waals surface area (Å²) in [6.07, 6.45) is 1.24. The summed E-state index contributed by atoms with van der Waals surface area (Å²) in [5, 5.41) is 17.8. The van der Waals surface area contributed by atoms with E-state index in [1.165, 1.54) is 13.2 Å². The van der Waals surface area contributed by atoms with E-state index in [9.17, 15) is 9.59 Å². The second kappa shape index (κ2) is 4.29. The summed E-state index contributed by atoms with van der Waals surface area (Å²) in [7, 11) is 0.810. The highest BCUT2D eigenvalue weighted by Gasteiger charge is 2.18. The molecule has 0 aliphatic carbocycles. The molecule has 0 spiro atoms. The molecule has 0 fully saturated rings. The van der Waals surface area contributed by atoms with Crippen molar-refractivity contribution in [3.63, 3.8) is 0 Å². The van der Waals surface area contributed by atoms with E-state index >= 15 is 0 Å². The number of hydrogen-bond acceptors (Lipinski definition) is 5. The third-order valence-corrected chi connectivity index (χ3v) is 1.91. The second-order valence-electron chi connectivity index (χ2n) is 2.97. The molecule has 0 saturated carbocycles. The fourth-order valence-corrected chi connectivity index (χ4v) is 1.14. The topological polar surface area (TPSA) is 88.8 Å². The number of ether oxygens (including phenoxy) is 1. The van der Waals surface area contributed by atoms with Gasteiger partial charge >= 0.3 is 13.1 Å². The molecular weight excluding hydrogens is 201 g/mol. The average molecular weight is 211 g/mol. The van der Waals surface area contributed by atoms with Crippen LogP contribution in [0.4, 0.5) is 0 Å². The summed E-state index contributed by atoms with van der Waals surface area (Å²) in [6.45, 7) is 0. The Morgan fingerprint density at radius 1 is 1.53 bits per heavy atom. The number of carbonyl (C=O) groups excluding carboxylic acids is 1. The van der Waals surface area contributed by atoms with Crippen LogP contribution in [0.3, 0.4) is 0 Å².